The molecule has 0 unspecified atom stereocenters. The van der Waals surface area contributed by atoms with E-state index >= 15 is 0 Å². The molecule has 5 aromatic rings. The first-order valence-electron chi connectivity index (χ1n) is 22.5. The molecule has 0 N–H and O–H groups in total. The van der Waals surface area contributed by atoms with Crippen molar-refractivity contribution in [1.82, 2.24) is 0 Å². The summed E-state index contributed by atoms with van der Waals surface area (Å²) >= 11 is 0. The monoisotopic (exact) mass is 824 g/mol. The van der Waals surface area contributed by atoms with Crippen molar-refractivity contribution in [2.45, 2.75) is 123 Å². The van der Waals surface area contributed by atoms with Crippen LogP contribution in [-0.4, -0.2) is 25.2 Å². The van der Waals surface area contributed by atoms with Crippen LogP contribution < -0.4 is 18.9 Å². The fourth-order valence-electron chi connectivity index (χ4n) is 6.90. The van der Waals surface area contributed by atoms with E-state index in [1.807, 2.05) is 85.8 Å². The molecule has 0 amide bonds. The van der Waals surface area contributed by atoms with E-state index in [0.717, 1.165) is 85.9 Å². The maximum atomic E-state index is 13.1. The van der Waals surface area contributed by atoms with Gasteiger partial charge in [-0.05, 0) is 98.0 Å². The summed E-state index contributed by atoms with van der Waals surface area (Å²) in [5, 5.41) is 8.89. The van der Waals surface area contributed by atoms with Crippen LogP contribution in [-0.2, 0) is 4.79 Å². The van der Waals surface area contributed by atoms with E-state index in [1.54, 1.807) is 30.3 Å². The lowest BCUT2D eigenvalue weighted by atomic mass is 10.1. The molecule has 0 aromatic heterocycles. The van der Waals surface area contributed by atoms with Gasteiger partial charge in [0.05, 0.1) is 24.5 Å². The van der Waals surface area contributed by atoms with Gasteiger partial charge >= 0.3 is 11.9 Å². The molecule has 0 saturated heterocycles. The maximum Gasteiger partial charge on any atom is 0.343 e. The van der Waals surface area contributed by atoms with Crippen molar-refractivity contribution in [3.05, 3.63) is 132 Å². The number of hydrogen-bond donors (Lipinski definition) is 0. The Bertz CT molecular complexity index is 2030. The van der Waals surface area contributed by atoms with Crippen LogP contribution in [0.15, 0.2) is 132 Å². The van der Waals surface area contributed by atoms with Gasteiger partial charge in [0, 0.05) is 12.5 Å². The van der Waals surface area contributed by atoms with Gasteiger partial charge in [-0.15, -0.1) is 5.11 Å². The van der Waals surface area contributed by atoms with Gasteiger partial charge in [-0.1, -0.05) is 151 Å². The molecule has 0 atom stereocenters. The number of ether oxygens (including phenoxy) is 4. The highest BCUT2D eigenvalue weighted by Gasteiger charge is 2.13. The van der Waals surface area contributed by atoms with Crippen LogP contribution in [0.3, 0.4) is 0 Å². The molecule has 0 radical (unpaired) electrons. The minimum absolute atomic E-state index is 0.184. The lowest BCUT2D eigenvalue weighted by molar-refractivity contribution is -0.134. The van der Waals surface area contributed by atoms with Crippen LogP contribution >= 0.6 is 0 Å². The highest BCUT2D eigenvalue weighted by Crippen LogP contribution is 2.34. The van der Waals surface area contributed by atoms with Gasteiger partial charge in [-0.25, -0.2) is 4.79 Å². The Morgan fingerprint density at radius 3 is 1.70 bits per heavy atom. The molecule has 0 aliphatic rings. The summed E-state index contributed by atoms with van der Waals surface area (Å²) in [5.41, 5.74) is 5.11. The van der Waals surface area contributed by atoms with E-state index in [2.05, 4.69) is 29.3 Å². The normalized spacial score (nSPS) is 11.1. The van der Waals surface area contributed by atoms with Crippen molar-refractivity contribution in [2.75, 3.05) is 13.2 Å². The summed E-state index contributed by atoms with van der Waals surface area (Å²) in [6, 6.07) is 37.9. The lowest BCUT2D eigenvalue weighted by Crippen LogP contribution is -2.08. The number of aryl methyl sites for hydroxylation is 1. The van der Waals surface area contributed by atoms with Crippen molar-refractivity contribution in [1.29, 1.82) is 0 Å². The molecule has 5 aromatic carbocycles. The predicted octanol–water partition coefficient (Wildman–Crippen LogP) is 15.3. The number of hydrogen-bond acceptors (Lipinski definition) is 8. The lowest BCUT2D eigenvalue weighted by Gasteiger charge is -2.11. The van der Waals surface area contributed by atoms with E-state index in [9.17, 15) is 9.59 Å². The number of azo groups is 1. The average molecular weight is 825 g/mol. The van der Waals surface area contributed by atoms with Crippen molar-refractivity contribution < 1.29 is 28.5 Å². The first-order chi connectivity index (χ1) is 30.0. The zero-order valence-electron chi connectivity index (χ0n) is 36.3. The van der Waals surface area contributed by atoms with E-state index < -0.39 is 5.97 Å². The molecule has 8 heteroatoms. The SMILES string of the molecule is CCCCCCCCCCOc1ccc(C(=O)Oc2ccc(N=Nc3ccc(C)cc3)c(OCCCCCCCCCCC(=O)Oc3ccc(-c4ccccc4)cc3)c2)cc1. The Balaban J connectivity index is 0.993. The van der Waals surface area contributed by atoms with E-state index in [-0.39, 0.29) is 5.97 Å². The van der Waals surface area contributed by atoms with Gasteiger partial charge in [0.25, 0.3) is 0 Å². The summed E-state index contributed by atoms with van der Waals surface area (Å²) < 4.78 is 23.5. The van der Waals surface area contributed by atoms with Gasteiger partial charge in [-0.2, -0.15) is 5.11 Å². The van der Waals surface area contributed by atoms with Gasteiger partial charge in [0.2, 0.25) is 0 Å². The fraction of sp³-hybridized carbons (Fsp3) is 0.396. The summed E-state index contributed by atoms with van der Waals surface area (Å²) in [4.78, 5) is 25.5. The van der Waals surface area contributed by atoms with Crippen LogP contribution in [0.4, 0.5) is 11.4 Å². The van der Waals surface area contributed by atoms with Crippen LogP contribution in [0.2, 0.25) is 0 Å². The second-order valence-corrected chi connectivity index (χ2v) is 15.7. The number of rotatable bonds is 28. The second kappa shape index (κ2) is 27.2. The van der Waals surface area contributed by atoms with Gasteiger partial charge in [0.15, 0.2) is 5.75 Å². The average Bonchev–Trinajstić information content (AvgIpc) is 3.28. The molecule has 0 aliphatic heterocycles. The van der Waals surface area contributed by atoms with Crippen molar-refractivity contribution >= 4 is 23.3 Å². The van der Waals surface area contributed by atoms with Crippen LogP contribution in [0.1, 0.15) is 132 Å². The third-order valence-electron chi connectivity index (χ3n) is 10.5. The van der Waals surface area contributed by atoms with Crippen molar-refractivity contribution in [2.24, 2.45) is 10.2 Å². The minimum atomic E-state index is -0.459. The highest BCUT2D eigenvalue weighted by molar-refractivity contribution is 5.91. The Hall–Kier alpha value is -5.76. The van der Waals surface area contributed by atoms with Crippen LogP contribution in [0.25, 0.3) is 11.1 Å². The standard InChI is InChI=1S/C53H64N2O6/c1-3-4-5-6-7-11-14-20-39-58-47-33-29-45(30-34-47)53(57)61-49-37-38-50(55-54-46-31-25-42(2)26-32-46)51(41-49)59-40-21-15-12-9-8-10-13-19-24-52(56)60-48-35-27-44(28-36-48)43-22-17-16-18-23-43/h16-18,22-23,25-38,41H,3-15,19-21,24,39-40H2,1-2H3. The molecule has 0 heterocycles. The number of unbranched alkanes of at least 4 members (excludes halogenated alkanes) is 14. The molecule has 0 bridgehead atoms. The summed E-state index contributed by atoms with van der Waals surface area (Å²) in [6.45, 7) is 5.45. The first-order valence-corrected chi connectivity index (χ1v) is 22.5. The Morgan fingerprint density at radius 1 is 0.492 bits per heavy atom. The largest absolute Gasteiger partial charge is 0.494 e. The summed E-state index contributed by atoms with van der Waals surface area (Å²) in [7, 11) is 0. The van der Waals surface area contributed by atoms with Crippen LogP contribution in [0, 0.1) is 6.92 Å². The molecule has 8 nitrogen and oxygen atoms in total. The first kappa shape index (κ1) is 46.3. The zero-order chi connectivity index (χ0) is 42.7. The molecule has 322 valence electrons. The maximum absolute atomic E-state index is 13.1. The molecule has 0 spiro atoms. The Labute approximate surface area is 363 Å². The number of esters is 2. The number of benzene rings is 5. The Morgan fingerprint density at radius 2 is 1.05 bits per heavy atom. The van der Waals surface area contributed by atoms with Gasteiger partial charge in [0.1, 0.15) is 22.9 Å². The van der Waals surface area contributed by atoms with E-state index in [0.29, 0.717) is 48.1 Å². The van der Waals surface area contributed by atoms with Gasteiger partial charge < -0.3 is 18.9 Å². The molecule has 0 saturated carbocycles. The third kappa shape index (κ3) is 17.8. The van der Waals surface area contributed by atoms with Gasteiger partial charge in [-0.3, -0.25) is 4.79 Å². The number of nitrogens with zero attached hydrogens (tertiary/aromatic N) is 2. The minimum Gasteiger partial charge on any atom is -0.494 e. The second-order valence-electron chi connectivity index (χ2n) is 15.7. The smallest absolute Gasteiger partial charge is 0.343 e. The Kier molecular flexibility index (Phi) is 20.6. The highest BCUT2D eigenvalue weighted by atomic mass is 16.5. The van der Waals surface area contributed by atoms with Crippen molar-refractivity contribution in [3.8, 4) is 34.1 Å². The quantitative estimate of drug-likeness (QED) is 0.0216. The fourth-order valence-corrected chi connectivity index (χ4v) is 6.90. The number of carbonyl (C=O) groups excluding carboxylic acids is 2. The van der Waals surface area contributed by atoms with Crippen LogP contribution in [0.5, 0.6) is 23.0 Å². The molecular weight excluding hydrogens is 761 g/mol. The van der Waals surface area contributed by atoms with E-state index in [1.165, 1.54) is 44.9 Å². The third-order valence-corrected chi connectivity index (χ3v) is 10.5. The zero-order valence-corrected chi connectivity index (χ0v) is 36.3. The van der Waals surface area contributed by atoms with E-state index in [4.69, 9.17) is 18.9 Å². The topological polar surface area (TPSA) is 95.8 Å². The number of carbonyl (C=O) groups is 2. The predicted molar refractivity (Wildman–Crippen MR) is 246 cm³/mol. The van der Waals surface area contributed by atoms with Crippen molar-refractivity contribution in [3.63, 3.8) is 0 Å². The molecule has 61 heavy (non-hydrogen) atoms. The molecule has 0 fully saturated rings. The summed E-state index contributed by atoms with van der Waals surface area (Å²) in [5.74, 6) is 1.56. The molecule has 0 aliphatic carbocycles. The summed E-state index contributed by atoms with van der Waals surface area (Å²) in [6.07, 6.45) is 18.6. The molecule has 5 rings (SSSR count). The molecular formula is C53H64N2O6.